The minimum absolute atomic E-state index is 0.0781. The third-order valence-corrected chi connectivity index (χ3v) is 4.67. The summed E-state index contributed by atoms with van der Waals surface area (Å²) in [6, 6.07) is 3.58. The van der Waals surface area contributed by atoms with Crippen LogP contribution in [0.3, 0.4) is 0 Å². The number of thiophene rings is 1. The molecule has 2 heterocycles. The fraction of sp³-hybridized carbons (Fsp3) is 0.455. The second-order valence-corrected chi connectivity index (χ2v) is 6.91. The van der Waals surface area contributed by atoms with Crippen molar-refractivity contribution in [2.45, 2.75) is 13.3 Å². The molecular formula is C11H12BrNO3S. The van der Waals surface area contributed by atoms with Gasteiger partial charge in [-0.15, -0.1) is 11.3 Å². The maximum atomic E-state index is 12.1. The molecule has 0 aliphatic carbocycles. The number of halogens is 1. The van der Waals surface area contributed by atoms with E-state index in [1.807, 2.05) is 6.07 Å². The van der Waals surface area contributed by atoms with Crippen molar-refractivity contribution in [2.24, 2.45) is 5.41 Å². The van der Waals surface area contributed by atoms with Crippen molar-refractivity contribution in [1.82, 2.24) is 4.90 Å². The third-order valence-electron chi connectivity index (χ3n) is 3.06. The van der Waals surface area contributed by atoms with Gasteiger partial charge in [-0.25, -0.2) is 0 Å². The van der Waals surface area contributed by atoms with Crippen molar-refractivity contribution in [3.05, 3.63) is 20.8 Å². The van der Waals surface area contributed by atoms with Crippen LogP contribution in [0.2, 0.25) is 0 Å². The Morgan fingerprint density at radius 3 is 2.71 bits per heavy atom. The van der Waals surface area contributed by atoms with E-state index >= 15 is 0 Å². The maximum absolute atomic E-state index is 12.1. The van der Waals surface area contributed by atoms with Crippen LogP contribution in [-0.4, -0.2) is 35.0 Å². The molecule has 1 aromatic heterocycles. The lowest BCUT2D eigenvalue weighted by molar-refractivity contribution is -0.147. The zero-order valence-electron chi connectivity index (χ0n) is 9.27. The molecule has 0 aromatic carbocycles. The van der Waals surface area contributed by atoms with Crippen LogP contribution >= 0.6 is 27.3 Å². The summed E-state index contributed by atoms with van der Waals surface area (Å²) in [4.78, 5) is 25.4. The summed E-state index contributed by atoms with van der Waals surface area (Å²) in [6.45, 7) is 2.49. The van der Waals surface area contributed by atoms with Crippen molar-refractivity contribution in [2.75, 3.05) is 13.1 Å². The number of likely N-dealkylation sites (tertiary alicyclic amines) is 1. The van der Waals surface area contributed by atoms with Gasteiger partial charge in [-0.1, -0.05) is 0 Å². The lowest BCUT2D eigenvalue weighted by atomic mass is 9.90. The summed E-state index contributed by atoms with van der Waals surface area (Å²) in [6.07, 6.45) is 0.515. The molecular weight excluding hydrogens is 306 g/mol. The smallest absolute Gasteiger partial charge is 0.311 e. The van der Waals surface area contributed by atoms with Crippen LogP contribution in [0.15, 0.2) is 15.9 Å². The highest BCUT2D eigenvalue weighted by Gasteiger charge is 2.42. The number of carboxylic acid groups (broad SMARTS) is 1. The molecule has 1 aromatic rings. The average Bonchev–Trinajstić information content (AvgIpc) is 2.85. The molecule has 0 spiro atoms. The van der Waals surface area contributed by atoms with Crippen LogP contribution in [0.5, 0.6) is 0 Å². The molecule has 0 bridgehead atoms. The first-order valence-corrected chi connectivity index (χ1v) is 6.81. The number of hydrogen-bond donors (Lipinski definition) is 1. The molecule has 6 heteroatoms. The lowest BCUT2D eigenvalue weighted by Crippen LogP contribution is -2.34. The van der Waals surface area contributed by atoms with Gasteiger partial charge in [-0.3, -0.25) is 9.59 Å². The highest BCUT2D eigenvalue weighted by molar-refractivity contribution is 9.11. The van der Waals surface area contributed by atoms with Crippen molar-refractivity contribution >= 4 is 39.1 Å². The van der Waals surface area contributed by atoms with Gasteiger partial charge < -0.3 is 10.0 Å². The second kappa shape index (κ2) is 4.42. The molecule has 1 N–H and O–H groups in total. The Morgan fingerprint density at radius 2 is 2.24 bits per heavy atom. The third kappa shape index (κ3) is 2.37. The molecule has 1 unspecified atom stereocenters. The van der Waals surface area contributed by atoms with Gasteiger partial charge in [-0.05, 0) is 41.4 Å². The Balaban J connectivity index is 2.11. The number of amides is 1. The zero-order valence-corrected chi connectivity index (χ0v) is 11.7. The first-order valence-electron chi connectivity index (χ1n) is 5.20. The molecule has 1 atom stereocenters. The number of nitrogens with zero attached hydrogens (tertiary/aromatic N) is 1. The number of hydrogen-bond acceptors (Lipinski definition) is 3. The predicted octanol–water partition coefficient (Wildman–Crippen LogP) is 2.45. The second-order valence-electron chi connectivity index (χ2n) is 4.45. The van der Waals surface area contributed by atoms with Crippen LogP contribution in [0.25, 0.3) is 0 Å². The number of carbonyl (C=O) groups excluding carboxylic acids is 1. The number of rotatable bonds is 2. The van der Waals surface area contributed by atoms with Crippen LogP contribution < -0.4 is 0 Å². The van der Waals surface area contributed by atoms with Crippen molar-refractivity contribution in [3.63, 3.8) is 0 Å². The fourth-order valence-corrected chi connectivity index (χ4v) is 3.25. The van der Waals surface area contributed by atoms with Crippen LogP contribution in [0.1, 0.15) is 23.0 Å². The maximum Gasteiger partial charge on any atom is 0.311 e. The van der Waals surface area contributed by atoms with Gasteiger partial charge in [0.15, 0.2) is 0 Å². The van der Waals surface area contributed by atoms with Gasteiger partial charge in [0, 0.05) is 13.1 Å². The van der Waals surface area contributed by atoms with Gasteiger partial charge in [0.25, 0.3) is 5.91 Å². The molecule has 1 fully saturated rings. The normalized spacial score (nSPS) is 24.0. The minimum atomic E-state index is -0.833. The monoisotopic (exact) mass is 317 g/mol. The summed E-state index contributed by atoms with van der Waals surface area (Å²) in [5.41, 5.74) is -0.801. The van der Waals surface area contributed by atoms with E-state index in [1.54, 1.807) is 17.9 Å². The van der Waals surface area contributed by atoms with Crippen LogP contribution in [-0.2, 0) is 4.79 Å². The largest absolute Gasteiger partial charge is 0.481 e. The summed E-state index contributed by atoms with van der Waals surface area (Å²) >= 11 is 4.68. The lowest BCUT2D eigenvalue weighted by Gasteiger charge is -2.19. The first kappa shape index (κ1) is 12.6. The fourth-order valence-electron chi connectivity index (χ4n) is 1.89. The Morgan fingerprint density at radius 1 is 1.53 bits per heavy atom. The van der Waals surface area contributed by atoms with E-state index in [0.717, 1.165) is 3.79 Å². The SMILES string of the molecule is CC1(C(=O)O)CCN(C(=O)c2ccc(Br)s2)C1. The van der Waals surface area contributed by atoms with Gasteiger partial charge >= 0.3 is 5.97 Å². The van der Waals surface area contributed by atoms with E-state index in [2.05, 4.69) is 15.9 Å². The van der Waals surface area contributed by atoms with Gasteiger partial charge in [0.05, 0.1) is 14.1 Å². The van der Waals surface area contributed by atoms with E-state index in [9.17, 15) is 9.59 Å². The summed E-state index contributed by atoms with van der Waals surface area (Å²) in [7, 11) is 0. The van der Waals surface area contributed by atoms with Gasteiger partial charge in [0.2, 0.25) is 0 Å². The van der Waals surface area contributed by atoms with Crippen molar-refractivity contribution in [3.8, 4) is 0 Å². The van der Waals surface area contributed by atoms with Gasteiger partial charge in [0.1, 0.15) is 0 Å². The molecule has 1 aliphatic heterocycles. The van der Waals surface area contributed by atoms with Crippen molar-refractivity contribution < 1.29 is 14.7 Å². The minimum Gasteiger partial charge on any atom is -0.481 e. The Labute approximate surface area is 111 Å². The van der Waals surface area contributed by atoms with E-state index in [1.165, 1.54) is 11.3 Å². The summed E-state index contributed by atoms with van der Waals surface area (Å²) < 4.78 is 0.904. The molecule has 1 amide bonds. The first-order chi connectivity index (χ1) is 7.92. The summed E-state index contributed by atoms with van der Waals surface area (Å²) in [5.74, 6) is -0.911. The molecule has 1 aliphatic rings. The van der Waals surface area contributed by atoms with Crippen LogP contribution in [0, 0.1) is 5.41 Å². The topological polar surface area (TPSA) is 57.6 Å². The Kier molecular flexibility index (Phi) is 3.27. The number of carbonyl (C=O) groups is 2. The van der Waals surface area contributed by atoms with E-state index in [-0.39, 0.29) is 12.5 Å². The molecule has 2 rings (SSSR count). The van der Waals surface area contributed by atoms with Crippen molar-refractivity contribution in [1.29, 1.82) is 0 Å². The molecule has 17 heavy (non-hydrogen) atoms. The number of aliphatic carboxylic acids is 1. The average molecular weight is 318 g/mol. The standard InChI is InChI=1S/C11H12BrNO3S/c1-11(10(15)16)4-5-13(6-11)9(14)7-2-3-8(12)17-7/h2-3H,4-6H2,1H3,(H,15,16). The molecule has 0 radical (unpaired) electrons. The molecule has 1 saturated heterocycles. The number of carboxylic acids is 1. The predicted molar refractivity (Wildman–Crippen MR) is 68.3 cm³/mol. The van der Waals surface area contributed by atoms with E-state index in [0.29, 0.717) is 17.8 Å². The highest BCUT2D eigenvalue weighted by Crippen LogP contribution is 2.32. The Hall–Kier alpha value is -0.880. The van der Waals surface area contributed by atoms with Gasteiger partial charge in [-0.2, -0.15) is 0 Å². The molecule has 92 valence electrons. The molecule has 4 nitrogen and oxygen atoms in total. The molecule has 0 saturated carbocycles. The summed E-state index contributed by atoms with van der Waals surface area (Å²) in [5, 5.41) is 9.10. The Bertz CT molecular complexity index is 473. The van der Waals surface area contributed by atoms with E-state index < -0.39 is 11.4 Å². The zero-order chi connectivity index (χ0) is 12.6. The van der Waals surface area contributed by atoms with Crippen LogP contribution in [0.4, 0.5) is 0 Å². The quantitative estimate of drug-likeness (QED) is 0.911. The van der Waals surface area contributed by atoms with E-state index in [4.69, 9.17) is 5.11 Å². The highest BCUT2D eigenvalue weighted by atomic mass is 79.9.